The molecule has 1 atom stereocenters. The summed E-state index contributed by atoms with van der Waals surface area (Å²) in [5.41, 5.74) is 2.35. The van der Waals surface area contributed by atoms with Crippen LogP contribution in [0.25, 0.3) is 0 Å². The van der Waals surface area contributed by atoms with Crippen LogP contribution in [0.4, 0.5) is 0 Å². The molecule has 0 amide bonds. The molecule has 0 saturated heterocycles. The molecule has 108 valence electrons. The number of hydrogen-bond donors (Lipinski definition) is 2. The maximum Gasteiger partial charge on any atom is 0.215 e. The Morgan fingerprint density at radius 2 is 2.05 bits per heavy atom. The molecule has 0 aliphatic rings. The average Bonchev–Trinajstić information content (AvgIpc) is 2.35. The minimum Gasteiger partial charge on any atom is -0.316 e. The summed E-state index contributed by atoms with van der Waals surface area (Å²) in [7, 11) is -3.23. The first-order valence-corrected chi connectivity index (χ1v) is 8.25. The van der Waals surface area contributed by atoms with Gasteiger partial charge in [0, 0.05) is 13.1 Å². The van der Waals surface area contributed by atoms with Gasteiger partial charge in [0.15, 0.2) is 0 Å². The van der Waals surface area contributed by atoms with Gasteiger partial charge in [-0.25, -0.2) is 13.1 Å². The van der Waals surface area contributed by atoms with Crippen LogP contribution >= 0.6 is 0 Å². The van der Waals surface area contributed by atoms with E-state index in [4.69, 9.17) is 0 Å². The first-order valence-electron chi connectivity index (χ1n) is 6.70. The molecular weight excluding hydrogens is 260 g/mol. The molecule has 5 heteroatoms. The summed E-state index contributed by atoms with van der Waals surface area (Å²) in [6.07, 6.45) is 0.717. The molecule has 0 aromatic heterocycles. The Bertz CT molecular complexity index is 486. The molecule has 0 aliphatic carbocycles. The number of sulfonamides is 1. The van der Waals surface area contributed by atoms with Crippen molar-refractivity contribution in [2.75, 3.05) is 19.6 Å². The zero-order valence-electron chi connectivity index (χ0n) is 11.9. The molecule has 1 unspecified atom stereocenters. The number of nitrogens with one attached hydrogen (secondary N) is 2. The zero-order valence-corrected chi connectivity index (χ0v) is 12.8. The molecule has 19 heavy (non-hydrogen) atoms. The van der Waals surface area contributed by atoms with Gasteiger partial charge in [0.25, 0.3) is 0 Å². The highest BCUT2D eigenvalue weighted by Crippen LogP contribution is 2.04. The first kappa shape index (κ1) is 16.1. The van der Waals surface area contributed by atoms with Gasteiger partial charge in [-0.3, -0.25) is 0 Å². The van der Waals surface area contributed by atoms with Crippen LogP contribution in [-0.2, 0) is 16.4 Å². The third kappa shape index (κ3) is 5.72. The SMILES string of the molecule is CCNCC(C)S(=O)(=O)NCCc1cccc(C)c1. The highest BCUT2D eigenvalue weighted by molar-refractivity contribution is 7.90. The molecule has 0 radical (unpaired) electrons. The molecule has 4 nitrogen and oxygen atoms in total. The molecule has 1 rings (SSSR count). The fourth-order valence-corrected chi connectivity index (χ4v) is 2.81. The zero-order chi connectivity index (χ0) is 14.3. The van der Waals surface area contributed by atoms with Gasteiger partial charge in [-0.05, 0) is 32.4 Å². The predicted octanol–water partition coefficient (Wildman–Crippen LogP) is 1.45. The number of benzene rings is 1. The molecular formula is C14H24N2O2S. The summed E-state index contributed by atoms with van der Waals surface area (Å²) in [5.74, 6) is 0. The monoisotopic (exact) mass is 284 g/mol. The van der Waals surface area contributed by atoms with Crippen molar-refractivity contribution in [2.24, 2.45) is 0 Å². The standard InChI is InChI=1S/C14H24N2O2S/c1-4-15-11-13(3)19(17,18)16-9-8-14-7-5-6-12(2)10-14/h5-7,10,13,15-16H,4,8-9,11H2,1-3H3. The average molecular weight is 284 g/mol. The number of hydrogen-bond acceptors (Lipinski definition) is 3. The van der Waals surface area contributed by atoms with Crippen molar-refractivity contribution in [3.8, 4) is 0 Å². The third-order valence-electron chi connectivity index (χ3n) is 3.01. The van der Waals surface area contributed by atoms with Crippen LogP contribution < -0.4 is 10.0 Å². The van der Waals surface area contributed by atoms with Gasteiger partial charge in [-0.2, -0.15) is 0 Å². The molecule has 0 bridgehead atoms. The van der Waals surface area contributed by atoms with Crippen molar-refractivity contribution < 1.29 is 8.42 Å². The number of rotatable bonds is 8. The van der Waals surface area contributed by atoms with E-state index in [0.717, 1.165) is 18.5 Å². The normalized spacial score (nSPS) is 13.4. The van der Waals surface area contributed by atoms with E-state index in [9.17, 15) is 8.42 Å². The third-order valence-corrected chi connectivity index (χ3v) is 4.84. The Labute approximate surface area is 116 Å². The van der Waals surface area contributed by atoms with Gasteiger partial charge < -0.3 is 5.32 Å². The maximum absolute atomic E-state index is 11.9. The summed E-state index contributed by atoms with van der Waals surface area (Å²) in [4.78, 5) is 0. The maximum atomic E-state index is 11.9. The fraction of sp³-hybridized carbons (Fsp3) is 0.571. The lowest BCUT2D eigenvalue weighted by molar-refractivity contribution is 0.560. The molecule has 0 fully saturated rings. The molecule has 0 spiro atoms. The molecule has 1 aromatic carbocycles. The molecule has 0 heterocycles. The lowest BCUT2D eigenvalue weighted by atomic mass is 10.1. The minimum atomic E-state index is -3.23. The van der Waals surface area contributed by atoms with Crippen molar-refractivity contribution in [3.05, 3.63) is 35.4 Å². The van der Waals surface area contributed by atoms with E-state index >= 15 is 0 Å². The van der Waals surface area contributed by atoms with Gasteiger partial charge in [-0.1, -0.05) is 36.8 Å². The van der Waals surface area contributed by atoms with Crippen LogP contribution in [0.1, 0.15) is 25.0 Å². The van der Waals surface area contributed by atoms with Gasteiger partial charge in [0.2, 0.25) is 10.0 Å². The summed E-state index contributed by atoms with van der Waals surface area (Å²) in [6.45, 7) is 7.43. The first-order chi connectivity index (χ1) is 8.95. The van der Waals surface area contributed by atoms with Crippen molar-refractivity contribution in [1.82, 2.24) is 10.0 Å². The van der Waals surface area contributed by atoms with Gasteiger partial charge in [0.1, 0.15) is 0 Å². The van der Waals surface area contributed by atoms with Gasteiger partial charge in [0.05, 0.1) is 5.25 Å². The second kappa shape index (κ2) is 7.62. The largest absolute Gasteiger partial charge is 0.316 e. The van der Waals surface area contributed by atoms with E-state index in [0.29, 0.717) is 13.1 Å². The van der Waals surface area contributed by atoms with E-state index in [1.165, 1.54) is 5.56 Å². The topological polar surface area (TPSA) is 58.2 Å². The predicted molar refractivity (Wildman–Crippen MR) is 79.8 cm³/mol. The second-order valence-electron chi connectivity index (χ2n) is 4.80. The highest BCUT2D eigenvalue weighted by Gasteiger charge is 2.19. The quantitative estimate of drug-likeness (QED) is 0.760. The van der Waals surface area contributed by atoms with Crippen molar-refractivity contribution in [2.45, 2.75) is 32.4 Å². The lowest BCUT2D eigenvalue weighted by Gasteiger charge is -2.14. The summed E-state index contributed by atoms with van der Waals surface area (Å²) in [6, 6.07) is 8.12. The smallest absolute Gasteiger partial charge is 0.215 e. The summed E-state index contributed by atoms with van der Waals surface area (Å²) in [5, 5.41) is 2.64. The highest BCUT2D eigenvalue weighted by atomic mass is 32.2. The van der Waals surface area contributed by atoms with Crippen molar-refractivity contribution in [3.63, 3.8) is 0 Å². The molecule has 2 N–H and O–H groups in total. The van der Waals surface area contributed by atoms with Crippen LogP contribution in [0.2, 0.25) is 0 Å². The van der Waals surface area contributed by atoms with Crippen molar-refractivity contribution in [1.29, 1.82) is 0 Å². The Kier molecular flexibility index (Phi) is 6.48. The van der Waals surface area contributed by atoms with E-state index in [1.807, 2.05) is 32.0 Å². The van der Waals surface area contributed by atoms with E-state index in [2.05, 4.69) is 16.1 Å². The Balaban J connectivity index is 2.43. The molecule has 1 aromatic rings. The minimum absolute atomic E-state index is 0.412. The van der Waals surface area contributed by atoms with Gasteiger partial charge in [-0.15, -0.1) is 0 Å². The van der Waals surface area contributed by atoms with Crippen LogP contribution in [0.15, 0.2) is 24.3 Å². The fourth-order valence-electron chi connectivity index (χ4n) is 1.80. The Morgan fingerprint density at radius 3 is 2.68 bits per heavy atom. The molecule has 0 aliphatic heterocycles. The van der Waals surface area contributed by atoms with E-state index in [1.54, 1.807) is 6.92 Å². The van der Waals surface area contributed by atoms with E-state index in [-0.39, 0.29) is 0 Å². The summed E-state index contributed by atoms with van der Waals surface area (Å²) >= 11 is 0. The van der Waals surface area contributed by atoms with Crippen LogP contribution in [-0.4, -0.2) is 33.3 Å². The van der Waals surface area contributed by atoms with Crippen LogP contribution in [0.5, 0.6) is 0 Å². The van der Waals surface area contributed by atoms with Crippen molar-refractivity contribution >= 4 is 10.0 Å². The number of aryl methyl sites for hydroxylation is 1. The van der Waals surface area contributed by atoms with Crippen LogP contribution in [0.3, 0.4) is 0 Å². The van der Waals surface area contributed by atoms with E-state index < -0.39 is 15.3 Å². The Morgan fingerprint density at radius 1 is 1.32 bits per heavy atom. The molecule has 0 saturated carbocycles. The van der Waals surface area contributed by atoms with Crippen LogP contribution in [0, 0.1) is 6.92 Å². The van der Waals surface area contributed by atoms with Gasteiger partial charge >= 0.3 is 0 Å². The second-order valence-corrected chi connectivity index (χ2v) is 6.98. The Hall–Kier alpha value is -0.910. The lowest BCUT2D eigenvalue weighted by Crippen LogP contribution is -2.39. The summed E-state index contributed by atoms with van der Waals surface area (Å²) < 4.78 is 26.6.